The fourth-order valence-electron chi connectivity index (χ4n) is 3.60. The van der Waals surface area contributed by atoms with Crippen LogP contribution >= 0.6 is 0 Å². The third-order valence-corrected chi connectivity index (χ3v) is 4.82. The summed E-state index contributed by atoms with van der Waals surface area (Å²) in [5.74, 6) is 0.389. The predicted octanol–water partition coefficient (Wildman–Crippen LogP) is 3.52. The van der Waals surface area contributed by atoms with Gasteiger partial charge in [-0.15, -0.1) is 0 Å². The van der Waals surface area contributed by atoms with Gasteiger partial charge in [0, 0.05) is 19.3 Å². The number of hydrogen-bond acceptors (Lipinski definition) is 4. The van der Waals surface area contributed by atoms with E-state index < -0.39 is 0 Å². The van der Waals surface area contributed by atoms with Crippen LogP contribution in [0.5, 0.6) is 5.88 Å². The minimum atomic E-state index is -0.00276. The second kappa shape index (κ2) is 8.32. The second-order valence-electron chi connectivity index (χ2n) is 7.05. The van der Waals surface area contributed by atoms with Crippen LogP contribution < -0.4 is 4.74 Å². The molecule has 0 N–H and O–H groups in total. The number of likely N-dealkylation sites (tertiary alicyclic amines) is 1. The van der Waals surface area contributed by atoms with Gasteiger partial charge in [-0.1, -0.05) is 24.3 Å². The standard InChI is InChI=1S/C21H27N3O2/c1-23(2)15-16-9-11-17(12-10-16)19-8-4-5-14-24(19)21(25)18-7-6-13-22-20(18)26-3/h6-7,9-13,19H,4-5,8,14-15H2,1-3H3. The highest BCUT2D eigenvalue weighted by Gasteiger charge is 2.30. The summed E-state index contributed by atoms with van der Waals surface area (Å²) in [6.07, 6.45) is 4.80. The maximum Gasteiger partial charge on any atom is 0.259 e. The fraction of sp³-hybridized carbons (Fsp3) is 0.429. The van der Waals surface area contributed by atoms with E-state index in [2.05, 4.69) is 48.2 Å². The number of aromatic nitrogens is 1. The molecule has 5 nitrogen and oxygen atoms in total. The molecular weight excluding hydrogens is 326 g/mol. The summed E-state index contributed by atoms with van der Waals surface area (Å²) in [4.78, 5) is 21.5. The average molecular weight is 353 g/mol. The first kappa shape index (κ1) is 18.4. The lowest BCUT2D eigenvalue weighted by Crippen LogP contribution is -2.38. The topological polar surface area (TPSA) is 45.7 Å². The molecule has 1 saturated heterocycles. The highest BCUT2D eigenvalue weighted by atomic mass is 16.5. The molecule has 1 aromatic carbocycles. The van der Waals surface area contributed by atoms with Gasteiger partial charge in [-0.05, 0) is 56.6 Å². The number of ether oxygens (including phenoxy) is 1. The molecule has 5 heteroatoms. The van der Waals surface area contributed by atoms with E-state index in [9.17, 15) is 4.79 Å². The normalized spacial score (nSPS) is 17.4. The van der Waals surface area contributed by atoms with Crippen LogP contribution in [0.3, 0.4) is 0 Å². The molecule has 0 spiro atoms. The lowest BCUT2D eigenvalue weighted by molar-refractivity contribution is 0.0607. The van der Waals surface area contributed by atoms with Crippen molar-refractivity contribution in [2.24, 2.45) is 0 Å². The molecule has 2 heterocycles. The Hall–Kier alpha value is -2.40. The van der Waals surface area contributed by atoms with E-state index in [1.54, 1.807) is 25.4 Å². The molecule has 3 rings (SSSR count). The molecule has 0 radical (unpaired) electrons. The van der Waals surface area contributed by atoms with Crippen LogP contribution in [0.2, 0.25) is 0 Å². The number of nitrogens with zero attached hydrogens (tertiary/aromatic N) is 3. The van der Waals surface area contributed by atoms with Crippen molar-refractivity contribution < 1.29 is 9.53 Å². The van der Waals surface area contributed by atoms with Crippen molar-refractivity contribution >= 4 is 5.91 Å². The molecule has 0 saturated carbocycles. The largest absolute Gasteiger partial charge is 0.480 e. The van der Waals surface area contributed by atoms with Crippen molar-refractivity contribution in [3.8, 4) is 5.88 Å². The lowest BCUT2D eigenvalue weighted by Gasteiger charge is -2.36. The first-order valence-corrected chi connectivity index (χ1v) is 9.13. The molecule has 0 bridgehead atoms. The number of amides is 1. The summed E-state index contributed by atoms with van der Waals surface area (Å²) >= 11 is 0. The van der Waals surface area contributed by atoms with Crippen molar-refractivity contribution in [1.82, 2.24) is 14.8 Å². The zero-order valence-electron chi connectivity index (χ0n) is 15.8. The van der Waals surface area contributed by atoms with E-state index in [1.165, 1.54) is 11.1 Å². The van der Waals surface area contributed by atoms with Gasteiger partial charge in [0.1, 0.15) is 5.56 Å². The van der Waals surface area contributed by atoms with Gasteiger partial charge < -0.3 is 14.5 Å². The Morgan fingerprint density at radius 2 is 2.00 bits per heavy atom. The van der Waals surface area contributed by atoms with Crippen molar-refractivity contribution in [2.45, 2.75) is 31.8 Å². The van der Waals surface area contributed by atoms with Crippen LogP contribution in [0.4, 0.5) is 0 Å². The highest BCUT2D eigenvalue weighted by Crippen LogP contribution is 2.33. The van der Waals surface area contributed by atoms with Crippen LogP contribution in [0, 0.1) is 0 Å². The first-order valence-electron chi connectivity index (χ1n) is 9.13. The summed E-state index contributed by atoms with van der Waals surface area (Å²) in [5.41, 5.74) is 3.01. The number of hydrogen-bond donors (Lipinski definition) is 0. The maximum atomic E-state index is 13.2. The van der Waals surface area contributed by atoms with E-state index in [0.29, 0.717) is 11.4 Å². The molecule has 1 fully saturated rings. The quantitative estimate of drug-likeness (QED) is 0.825. The van der Waals surface area contributed by atoms with Gasteiger partial charge >= 0.3 is 0 Å². The van der Waals surface area contributed by atoms with Gasteiger partial charge in [-0.25, -0.2) is 4.98 Å². The zero-order valence-corrected chi connectivity index (χ0v) is 15.8. The Morgan fingerprint density at radius 1 is 1.23 bits per heavy atom. The molecular formula is C21H27N3O2. The molecule has 1 aliphatic rings. The Bertz CT molecular complexity index is 743. The molecule has 1 unspecified atom stereocenters. The number of benzene rings is 1. The summed E-state index contributed by atoms with van der Waals surface area (Å²) in [6, 6.07) is 12.3. The number of carbonyl (C=O) groups excluding carboxylic acids is 1. The molecule has 1 amide bonds. The first-order chi connectivity index (χ1) is 12.6. The molecule has 138 valence electrons. The second-order valence-corrected chi connectivity index (χ2v) is 7.05. The molecule has 1 atom stereocenters. The van der Waals surface area contributed by atoms with Crippen molar-refractivity contribution in [3.63, 3.8) is 0 Å². The number of rotatable bonds is 5. The smallest absolute Gasteiger partial charge is 0.259 e. The minimum absolute atomic E-state index is 0.00276. The Labute approximate surface area is 155 Å². The SMILES string of the molecule is COc1ncccc1C(=O)N1CCCCC1c1ccc(CN(C)C)cc1. The predicted molar refractivity (Wildman–Crippen MR) is 102 cm³/mol. The number of carbonyl (C=O) groups is 1. The minimum Gasteiger partial charge on any atom is -0.480 e. The van der Waals surface area contributed by atoms with Crippen LogP contribution in [-0.2, 0) is 6.54 Å². The molecule has 1 aliphatic heterocycles. The summed E-state index contributed by atoms with van der Waals surface area (Å²) in [5, 5.41) is 0. The van der Waals surface area contributed by atoms with Gasteiger partial charge in [-0.2, -0.15) is 0 Å². The Kier molecular flexibility index (Phi) is 5.89. The van der Waals surface area contributed by atoms with Crippen molar-refractivity contribution in [2.75, 3.05) is 27.7 Å². The fourth-order valence-corrected chi connectivity index (χ4v) is 3.60. The van der Waals surface area contributed by atoms with Gasteiger partial charge in [0.2, 0.25) is 5.88 Å². The third-order valence-electron chi connectivity index (χ3n) is 4.82. The van der Waals surface area contributed by atoms with E-state index in [-0.39, 0.29) is 11.9 Å². The van der Waals surface area contributed by atoms with Gasteiger partial charge in [0.05, 0.1) is 13.2 Å². The van der Waals surface area contributed by atoms with Crippen LogP contribution in [0.15, 0.2) is 42.6 Å². The Balaban J connectivity index is 1.85. The van der Waals surface area contributed by atoms with E-state index >= 15 is 0 Å². The summed E-state index contributed by atoms with van der Waals surface area (Å²) < 4.78 is 5.29. The lowest BCUT2D eigenvalue weighted by atomic mass is 9.94. The van der Waals surface area contributed by atoms with E-state index in [4.69, 9.17) is 4.74 Å². The van der Waals surface area contributed by atoms with Gasteiger partial charge in [-0.3, -0.25) is 4.79 Å². The monoisotopic (exact) mass is 353 g/mol. The number of methoxy groups -OCH3 is 1. The number of piperidine rings is 1. The van der Waals surface area contributed by atoms with Crippen LogP contribution in [-0.4, -0.2) is 48.4 Å². The van der Waals surface area contributed by atoms with Gasteiger partial charge in [0.15, 0.2) is 0 Å². The van der Waals surface area contributed by atoms with E-state index in [1.807, 2.05) is 4.90 Å². The average Bonchev–Trinajstić information content (AvgIpc) is 2.67. The summed E-state index contributed by atoms with van der Waals surface area (Å²) in [6.45, 7) is 1.68. The van der Waals surface area contributed by atoms with Gasteiger partial charge in [0.25, 0.3) is 5.91 Å². The maximum absolute atomic E-state index is 13.2. The molecule has 0 aliphatic carbocycles. The molecule has 2 aromatic rings. The summed E-state index contributed by atoms with van der Waals surface area (Å²) in [7, 11) is 5.68. The number of pyridine rings is 1. The molecule has 1 aromatic heterocycles. The van der Waals surface area contributed by atoms with Crippen molar-refractivity contribution in [1.29, 1.82) is 0 Å². The zero-order chi connectivity index (χ0) is 18.5. The van der Waals surface area contributed by atoms with E-state index in [0.717, 1.165) is 32.4 Å². The third kappa shape index (κ3) is 4.05. The highest BCUT2D eigenvalue weighted by molar-refractivity contribution is 5.96. The molecule has 26 heavy (non-hydrogen) atoms. The van der Waals surface area contributed by atoms with Crippen LogP contribution in [0.25, 0.3) is 0 Å². The van der Waals surface area contributed by atoms with Crippen LogP contribution in [0.1, 0.15) is 46.8 Å². The van der Waals surface area contributed by atoms with Crippen molar-refractivity contribution in [3.05, 3.63) is 59.3 Å². The Morgan fingerprint density at radius 3 is 2.69 bits per heavy atom.